The van der Waals surface area contributed by atoms with Gasteiger partial charge in [-0.15, -0.1) is 0 Å². The molecule has 0 aromatic rings. The highest BCUT2D eigenvalue weighted by Crippen LogP contribution is 2.50. The molecule has 0 aromatic heterocycles. The van der Waals surface area contributed by atoms with Crippen molar-refractivity contribution in [3.8, 4) is 0 Å². The molecule has 0 heterocycles. The van der Waals surface area contributed by atoms with Gasteiger partial charge in [-0.2, -0.15) is 0 Å². The van der Waals surface area contributed by atoms with E-state index < -0.39 is 57.6 Å². The first-order chi connectivity index (χ1) is 9.74. The van der Waals surface area contributed by atoms with Gasteiger partial charge < -0.3 is 9.79 Å². The molecule has 0 aliphatic carbocycles. The molecule has 4 nitrogen and oxygen atoms in total. The van der Waals surface area contributed by atoms with Crippen LogP contribution in [-0.4, -0.2) is 53.2 Å². The van der Waals surface area contributed by atoms with E-state index in [0.29, 0.717) is 0 Å². The van der Waals surface area contributed by atoms with Gasteiger partial charge >= 0.3 is 7.82 Å². The smallest absolute Gasteiger partial charge is 0.303 e. The van der Waals surface area contributed by atoms with Gasteiger partial charge in [-0.05, 0) is 0 Å². The summed E-state index contributed by atoms with van der Waals surface area (Å²) in [5, 5.41) is 0. The lowest BCUT2D eigenvalue weighted by atomic mass is 9.86. The van der Waals surface area contributed by atoms with Crippen LogP contribution in [0, 0.1) is 0 Å². The Morgan fingerprint density at radius 2 is 1.18 bits per heavy atom. The van der Waals surface area contributed by atoms with Gasteiger partial charge in [0.15, 0.2) is 24.1 Å². The van der Waals surface area contributed by atoms with Crippen molar-refractivity contribution in [3.63, 3.8) is 0 Å². The zero-order valence-electron chi connectivity index (χ0n) is 10.2. The summed E-state index contributed by atoms with van der Waals surface area (Å²) in [6.07, 6.45) is -27.3. The molecule has 0 fully saturated rings. The summed E-state index contributed by atoms with van der Waals surface area (Å²) in [5.74, 6) is 0. The molecule has 3 unspecified atom stereocenters. The monoisotopic (exact) mass is 372 g/mol. The number of hydrogen-bond donors (Lipinski definition) is 2. The summed E-state index contributed by atoms with van der Waals surface area (Å²) in [5.41, 5.74) is -4.50. The van der Waals surface area contributed by atoms with E-state index in [4.69, 9.17) is 9.79 Å². The van der Waals surface area contributed by atoms with Crippen molar-refractivity contribution < 1.29 is 58.4 Å². The molecule has 0 bridgehead atoms. The number of alkyl halides is 9. The first kappa shape index (κ1) is 21.5. The summed E-state index contributed by atoms with van der Waals surface area (Å²) in [7, 11) is -6.12. The number of halogens is 9. The van der Waals surface area contributed by atoms with E-state index in [9.17, 15) is 44.1 Å². The molecule has 0 saturated heterocycles. The molecule has 0 rings (SSSR count). The Bertz CT molecular complexity index is 376. The lowest BCUT2D eigenvalue weighted by molar-refractivity contribution is -0.176. The molecular weight excluding hydrogens is 362 g/mol. The Labute approximate surface area is 117 Å². The van der Waals surface area contributed by atoms with Crippen LogP contribution in [0.3, 0.4) is 0 Å². The molecule has 0 aliphatic rings. The second kappa shape index (κ2) is 7.84. The summed E-state index contributed by atoms with van der Waals surface area (Å²) >= 11 is 0. The fraction of sp³-hybridized carbons (Fsp3) is 1.00. The summed E-state index contributed by atoms with van der Waals surface area (Å²) < 4.78 is 127. The van der Waals surface area contributed by atoms with Crippen molar-refractivity contribution in [2.24, 2.45) is 0 Å². The number of hydrogen-bond acceptors (Lipinski definition) is 2. The van der Waals surface area contributed by atoms with E-state index in [1.807, 2.05) is 0 Å². The SMILES string of the molecule is O=P(O)(O)OC(CC(F)C(F)F)(C(F)C(F)F)C(F)C(F)F. The van der Waals surface area contributed by atoms with Crippen molar-refractivity contribution >= 4 is 7.82 Å². The Hall–Kier alpha value is -0.520. The van der Waals surface area contributed by atoms with E-state index in [1.54, 1.807) is 0 Å². The lowest BCUT2D eigenvalue weighted by Crippen LogP contribution is -2.57. The molecule has 0 aromatic carbocycles. The summed E-state index contributed by atoms with van der Waals surface area (Å²) in [6, 6.07) is 0. The highest BCUT2D eigenvalue weighted by Gasteiger charge is 2.60. The molecule has 0 radical (unpaired) electrons. The van der Waals surface area contributed by atoms with Gasteiger partial charge in [-0.3, -0.25) is 4.52 Å². The van der Waals surface area contributed by atoms with Gasteiger partial charge in [-0.25, -0.2) is 44.1 Å². The standard InChI is InChI=1S/C8H10F9O4P/c9-2(5(12)13)1-8(3(10)6(14)15,4(11)7(16)17)21-22(18,19)20/h2-7H,1H2,(H2,18,19,20). The third-order valence-electron chi connectivity index (χ3n) is 2.45. The first-order valence-electron chi connectivity index (χ1n) is 5.27. The maximum atomic E-state index is 13.4. The van der Waals surface area contributed by atoms with Crippen LogP contribution in [0.5, 0.6) is 0 Å². The van der Waals surface area contributed by atoms with Crippen molar-refractivity contribution in [3.05, 3.63) is 0 Å². The zero-order chi connectivity index (χ0) is 17.9. The molecule has 3 atom stereocenters. The predicted octanol–water partition coefficient (Wildman–Crippen LogP) is 3.03. The maximum Gasteiger partial charge on any atom is 0.470 e. The van der Waals surface area contributed by atoms with Gasteiger partial charge in [0.25, 0.3) is 19.3 Å². The number of rotatable bonds is 9. The van der Waals surface area contributed by atoms with Crippen LogP contribution in [0.15, 0.2) is 0 Å². The normalized spacial score (nSPS) is 20.3. The Balaban J connectivity index is 5.96. The predicted molar refractivity (Wildman–Crippen MR) is 53.2 cm³/mol. The Morgan fingerprint density at radius 3 is 1.41 bits per heavy atom. The molecule has 0 aliphatic heterocycles. The largest absolute Gasteiger partial charge is 0.470 e. The topological polar surface area (TPSA) is 66.8 Å². The summed E-state index contributed by atoms with van der Waals surface area (Å²) in [4.78, 5) is 16.8. The summed E-state index contributed by atoms with van der Waals surface area (Å²) in [6.45, 7) is 0. The zero-order valence-corrected chi connectivity index (χ0v) is 11.1. The van der Waals surface area contributed by atoms with Gasteiger partial charge in [0, 0.05) is 6.42 Å². The van der Waals surface area contributed by atoms with Crippen molar-refractivity contribution in [1.29, 1.82) is 0 Å². The quantitative estimate of drug-likeness (QED) is 0.482. The molecule has 0 amide bonds. The number of phosphoric ester groups is 1. The van der Waals surface area contributed by atoms with Crippen LogP contribution in [0.2, 0.25) is 0 Å². The second-order valence-electron chi connectivity index (χ2n) is 4.06. The Kier molecular flexibility index (Phi) is 7.66. The fourth-order valence-corrected chi connectivity index (χ4v) is 2.28. The molecule has 2 N–H and O–H groups in total. The molecular formula is C8H10F9O4P. The average molecular weight is 372 g/mol. The minimum Gasteiger partial charge on any atom is -0.303 e. The molecule has 0 saturated carbocycles. The van der Waals surface area contributed by atoms with Gasteiger partial charge in [0.05, 0.1) is 0 Å². The highest BCUT2D eigenvalue weighted by atomic mass is 31.2. The van der Waals surface area contributed by atoms with Crippen LogP contribution in [0.1, 0.15) is 6.42 Å². The van der Waals surface area contributed by atoms with E-state index in [2.05, 4.69) is 4.52 Å². The minimum absolute atomic E-state index is 2.47. The van der Waals surface area contributed by atoms with Crippen LogP contribution in [0.25, 0.3) is 0 Å². The van der Waals surface area contributed by atoms with Gasteiger partial charge in [0.2, 0.25) is 0 Å². The van der Waals surface area contributed by atoms with E-state index in [0.717, 1.165) is 0 Å². The third kappa shape index (κ3) is 5.60. The lowest BCUT2D eigenvalue weighted by Gasteiger charge is -2.38. The molecule has 134 valence electrons. The van der Waals surface area contributed by atoms with Crippen LogP contribution >= 0.6 is 7.82 Å². The van der Waals surface area contributed by atoms with Crippen LogP contribution in [-0.2, 0) is 9.09 Å². The van der Waals surface area contributed by atoms with Crippen molar-refractivity contribution in [2.45, 2.75) is 49.8 Å². The van der Waals surface area contributed by atoms with Crippen LogP contribution < -0.4 is 0 Å². The fourth-order valence-electron chi connectivity index (χ4n) is 1.56. The van der Waals surface area contributed by atoms with Crippen molar-refractivity contribution in [2.75, 3.05) is 0 Å². The third-order valence-corrected chi connectivity index (χ3v) is 3.03. The van der Waals surface area contributed by atoms with Gasteiger partial charge in [0.1, 0.15) is 0 Å². The molecule has 0 spiro atoms. The van der Waals surface area contributed by atoms with E-state index in [-0.39, 0.29) is 0 Å². The van der Waals surface area contributed by atoms with Gasteiger partial charge in [-0.1, -0.05) is 0 Å². The molecule has 22 heavy (non-hydrogen) atoms. The average Bonchev–Trinajstić information content (AvgIpc) is 2.33. The first-order valence-corrected chi connectivity index (χ1v) is 6.80. The Morgan fingerprint density at radius 1 is 0.818 bits per heavy atom. The minimum atomic E-state index is -6.12. The van der Waals surface area contributed by atoms with E-state index >= 15 is 0 Å². The van der Waals surface area contributed by atoms with Crippen LogP contribution in [0.4, 0.5) is 39.5 Å². The number of phosphoric acid groups is 1. The van der Waals surface area contributed by atoms with Crippen molar-refractivity contribution in [1.82, 2.24) is 0 Å². The maximum absolute atomic E-state index is 13.4. The highest BCUT2D eigenvalue weighted by molar-refractivity contribution is 7.46. The molecule has 14 heteroatoms. The van der Waals surface area contributed by atoms with E-state index in [1.165, 1.54) is 0 Å². The second-order valence-corrected chi connectivity index (χ2v) is 5.23.